The fraction of sp³-hybridized carbons (Fsp3) is 0.364. The Balaban J connectivity index is 2.26. The summed E-state index contributed by atoms with van der Waals surface area (Å²) < 4.78 is 36.4. The first kappa shape index (κ1) is 25.3. The zero-order chi connectivity index (χ0) is 24.8. The van der Waals surface area contributed by atoms with E-state index < -0.39 is 22.9 Å². The fourth-order valence-corrected chi connectivity index (χ4v) is 3.44. The second-order valence-electron chi connectivity index (χ2n) is 7.23. The Labute approximate surface area is 198 Å². The van der Waals surface area contributed by atoms with Gasteiger partial charge in [0.2, 0.25) is 0 Å². The molecule has 3 rings (SSSR count). The number of rotatable bonds is 10. The van der Waals surface area contributed by atoms with E-state index in [2.05, 4.69) is 9.98 Å². The Morgan fingerprint density at radius 2 is 2.03 bits per heavy atom. The molecule has 182 valence electrons. The molecule has 0 unspecified atom stereocenters. The van der Waals surface area contributed by atoms with E-state index >= 15 is 0 Å². The van der Waals surface area contributed by atoms with E-state index in [-0.39, 0.29) is 54.9 Å². The third-order valence-corrected chi connectivity index (χ3v) is 5.10. The van der Waals surface area contributed by atoms with Gasteiger partial charge in [0.1, 0.15) is 5.75 Å². The van der Waals surface area contributed by atoms with E-state index in [1.807, 2.05) is 6.92 Å². The van der Waals surface area contributed by atoms with Crippen LogP contribution >= 0.6 is 11.6 Å². The normalized spacial score (nSPS) is 12.2. The minimum atomic E-state index is -1.11. The van der Waals surface area contributed by atoms with E-state index in [0.717, 1.165) is 16.7 Å². The number of aromatic nitrogens is 4. The van der Waals surface area contributed by atoms with Gasteiger partial charge in [-0.15, -0.1) is 11.6 Å². The highest BCUT2D eigenvalue weighted by atomic mass is 35.5. The summed E-state index contributed by atoms with van der Waals surface area (Å²) in [5.74, 6) is -1.96. The van der Waals surface area contributed by atoms with Crippen molar-refractivity contribution in [3.05, 3.63) is 62.8 Å². The number of fused-ring (bicyclic) bond motifs is 1. The highest BCUT2D eigenvalue weighted by molar-refractivity contribution is 6.19. The first-order valence-corrected chi connectivity index (χ1v) is 11.0. The number of allylic oxidation sites excluding steroid dienone is 2. The summed E-state index contributed by atoms with van der Waals surface area (Å²) in [5.41, 5.74) is -0.589. The molecular formula is C22H24ClF2N5O4. The standard InChI is InChI=1S/C22H24ClF2N5O4/c1-3-26-14(6-4-9-23)13-30-18-19(28(2)22(33)29(20(18)32)10-5-11-31)27-21(30)34-15-7-8-16(24)17(25)12-15/h4,6-8,12,31H,3,5,9-11,13H2,1-2H3/b6-4-,26-14?. The molecule has 0 aliphatic rings. The van der Waals surface area contributed by atoms with E-state index in [1.165, 1.54) is 22.2 Å². The number of aliphatic hydroxyl groups excluding tert-OH is 1. The van der Waals surface area contributed by atoms with Crippen molar-refractivity contribution in [2.75, 3.05) is 19.0 Å². The smallest absolute Gasteiger partial charge is 0.332 e. The number of hydrogen-bond acceptors (Lipinski definition) is 6. The maximum atomic E-state index is 13.7. The fourth-order valence-electron chi connectivity index (χ4n) is 3.35. The predicted octanol–water partition coefficient (Wildman–Crippen LogP) is 2.61. The molecule has 3 aromatic rings. The average molecular weight is 496 g/mol. The van der Waals surface area contributed by atoms with Crippen LogP contribution in [0.5, 0.6) is 11.8 Å². The lowest BCUT2D eigenvalue weighted by Gasteiger charge is -2.11. The van der Waals surface area contributed by atoms with Crippen LogP contribution in [0, 0.1) is 11.6 Å². The molecule has 0 fully saturated rings. The number of hydrogen-bond donors (Lipinski definition) is 1. The zero-order valence-corrected chi connectivity index (χ0v) is 19.4. The number of benzene rings is 1. The van der Waals surface area contributed by atoms with Gasteiger partial charge in [-0.25, -0.2) is 13.6 Å². The van der Waals surface area contributed by atoms with Crippen molar-refractivity contribution in [2.45, 2.75) is 26.4 Å². The molecular weight excluding hydrogens is 472 g/mol. The van der Waals surface area contributed by atoms with Crippen molar-refractivity contribution in [1.29, 1.82) is 0 Å². The highest BCUT2D eigenvalue weighted by Gasteiger charge is 2.22. The number of aliphatic imine (C=N–C) groups is 1. The molecule has 0 bridgehead atoms. The van der Waals surface area contributed by atoms with Crippen LogP contribution in [-0.4, -0.2) is 48.5 Å². The summed E-state index contributed by atoms with van der Waals surface area (Å²) in [4.78, 5) is 34.8. The molecule has 0 amide bonds. The molecule has 2 aromatic heterocycles. The van der Waals surface area contributed by atoms with Crippen LogP contribution in [-0.2, 0) is 20.1 Å². The van der Waals surface area contributed by atoms with Gasteiger partial charge >= 0.3 is 11.7 Å². The minimum Gasteiger partial charge on any atom is -0.425 e. The summed E-state index contributed by atoms with van der Waals surface area (Å²) in [6, 6.07) is 2.86. The van der Waals surface area contributed by atoms with Gasteiger partial charge < -0.3 is 9.84 Å². The molecule has 0 saturated heterocycles. The molecule has 0 aliphatic heterocycles. The predicted molar refractivity (Wildman–Crippen MR) is 125 cm³/mol. The Hall–Kier alpha value is -3.31. The first-order valence-electron chi connectivity index (χ1n) is 10.5. The van der Waals surface area contributed by atoms with Crippen molar-refractivity contribution in [3.8, 4) is 11.8 Å². The zero-order valence-electron chi connectivity index (χ0n) is 18.7. The molecule has 0 saturated carbocycles. The molecule has 2 heterocycles. The van der Waals surface area contributed by atoms with Gasteiger partial charge in [-0.3, -0.25) is 23.5 Å². The summed E-state index contributed by atoms with van der Waals surface area (Å²) in [7, 11) is 1.45. The van der Waals surface area contributed by atoms with Gasteiger partial charge in [-0.05, 0) is 31.6 Å². The maximum absolute atomic E-state index is 13.7. The van der Waals surface area contributed by atoms with Crippen LogP contribution < -0.4 is 16.0 Å². The van der Waals surface area contributed by atoms with Gasteiger partial charge in [-0.2, -0.15) is 4.98 Å². The van der Waals surface area contributed by atoms with Crippen LogP contribution in [0.25, 0.3) is 11.2 Å². The van der Waals surface area contributed by atoms with E-state index in [1.54, 1.807) is 12.2 Å². The number of aryl methyl sites for hydroxylation is 1. The number of imidazole rings is 1. The number of halogens is 3. The molecule has 12 heteroatoms. The van der Waals surface area contributed by atoms with Gasteiger partial charge in [0.25, 0.3) is 5.56 Å². The average Bonchev–Trinajstić information content (AvgIpc) is 3.16. The van der Waals surface area contributed by atoms with Crippen LogP contribution in [0.2, 0.25) is 0 Å². The molecule has 0 spiro atoms. The molecule has 1 N–H and O–H groups in total. The van der Waals surface area contributed by atoms with Crippen LogP contribution in [0.15, 0.2) is 44.9 Å². The van der Waals surface area contributed by atoms with Gasteiger partial charge in [0.05, 0.1) is 12.3 Å². The lowest BCUT2D eigenvalue weighted by Crippen LogP contribution is -2.40. The van der Waals surface area contributed by atoms with Gasteiger partial charge in [0, 0.05) is 38.7 Å². The summed E-state index contributed by atoms with van der Waals surface area (Å²) in [5, 5.41) is 9.16. The SMILES string of the molecule is CCN=C(/C=C\CCl)Cn1c(Oc2ccc(F)c(F)c2)nc2c1c(=O)n(CCCO)c(=O)n2C. The number of aliphatic hydroxyl groups is 1. The topological polar surface area (TPSA) is 104 Å². The highest BCUT2D eigenvalue weighted by Crippen LogP contribution is 2.25. The molecule has 0 radical (unpaired) electrons. The van der Waals surface area contributed by atoms with Gasteiger partial charge in [-0.1, -0.05) is 6.08 Å². The van der Waals surface area contributed by atoms with Crippen molar-refractivity contribution >= 4 is 28.5 Å². The van der Waals surface area contributed by atoms with Crippen molar-refractivity contribution in [1.82, 2.24) is 18.7 Å². The molecule has 9 nitrogen and oxygen atoms in total. The van der Waals surface area contributed by atoms with E-state index in [9.17, 15) is 18.4 Å². The maximum Gasteiger partial charge on any atom is 0.332 e. The van der Waals surface area contributed by atoms with E-state index in [4.69, 9.17) is 21.4 Å². The first-order chi connectivity index (χ1) is 16.3. The number of nitrogens with zero attached hydrogens (tertiary/aromatic N) is 5. The second kappa shape index (κ2) is 11.2. The second-order valence-corrected chi connectivity index (χ2v) is 7.54. The van der Waals surface area contributed by atoms with Crippen LogP contribution in [0.3, 0.4) is 0 Å². The molecule has 34 heavy (non-hydrogen) atoms. The third-order valence-electron chi connectivity index (χ3n) is 4.92. The summed E-state index contributed by atoms with van der Waals surface area (Å²) >= 11 is 5.76. The van der Waals surface area contributed by atoms with Crippen molar-refractivity contribution < 1.29 is 18.6 Å². The Morgan fingerprint density at radius 3 is 2.68 bits per heavy atom. The third kappa shape index (κ3) is 5.26. The quantitative estimate of drug-likeness (QED) is 0.344. The minimum absolute atomic E-state index is 0.00451. The lowest BCUT2D eigenvalue weighted by molar-refractivity contribution is 0.277. The Kier molecular flexibility index (Phi) is 8.35. The number of alkyl halides is 1. The molecule has 0 aliphatic carbocycles. The van der Waals surface area contributed by atoms with E-state index in [0.29, 0.717) is 12.3 Å². The lowest BCUT2D eigenvalue weighted by atomic mass is 10.3. The number of ether oxygens (including phenoxy) is 1. The largest absolute Gasteiger partial charge is 0.425 e. The Bertz CT molecular complexity index is 1360. The van der Waals surface area contributed by atoms with Gasteiger partial charge in [0.15, 0.2) is 22.8 Å². The molecule has 1 aromatic carbocycles. The van der Waals surface area contributed by atoms with Crippen LogP contribution in [0.4, 0.5) is 8.78 Å². The van der Waals surface area contributed by atoms with Crippen molar-refractivity contribution in [3.63, 3.8) is 0 Å². The summed E-state index contributed by atoms with van der Waals surface area (Å²) in [6.45, 7) is 2.13. The van der Waals surface area contributed by atoms with Crippen molar-refractivity contribution in [2.24, 2.45) is 12.0 Å². The molecule has 0 atom stereocenters. The Morgan fingerprint density at radius 1 is 1.26 bits per heavy atom. The van der Waals surface area contributed by atoms with Crippen LogP contribution in [0.1, 0.15) is 13.3 Å². The summed E-state index contributed by atoms with van der Waals surface area (Å²) in [6.07, 6.45) is 3.57. The monoisotopic (exact) mass is 495 g/mol.